The summed E-state index contributed by atoms with van der Waals surface area (Å²) in [7, 11) is 0. The highest BCUT2D eigenvalue weighted by molar-refractivity contribution is 5.13. The summed E-state index contributed by atoms with van der Waals surface area (Å²) in [6.07, 6.45) is 6.05. The summed E-state index contributed by atoms with van der Waals surface area (Å²) in [5.74, 6) is 3.35. The van der Waals surface area contributed by atoms with Gasteiger partial charge in [0, 0.05) is 25.4 Å². The Morgan fingerprint density at radius 3 is 2.67 bits per heavy atom. The van der Waals surface area contributed by atoms with Crippen molar-refractivity contribution in [2.75, 3.05) is 6.61 Å². The molecule has 118 valence electrons. The number of allylic oxidation sites excluding steroid dienone is 1. The van der Waals surface area contributed by atoms with Crippen molar-refractivity contribution in [3.8, 4) is 0 Å². The van der Waals surface area contributed by atoms with Crippen molar-refractivity contribution in [2.24, 2.45) is 23.7 Å². The van der Waals surface area contributed by atoms with Gasteiger partial charge in [-0.1, -0.05) is 32.4 Å². The van der Waals surface area contributed by atoms with E-state index in [0.717, 1.165) is 37.5 Å². The van der Waals surface area contributed by atoms with Crippen LogP contribution in [0.3, 0.4) is 0 Å². The maximum Gasteiger partial charge on any atom is 0.217 e. The highest BCUT2D eigenvalue weighted by atomic mass is 16.4. The Morgan fingerprint density at radius 1 is 1.33 bits per heavy atom. The van der Waals surface area contributed by atoms with E-state index in [0.29, 0.717) is 23.7 Å². The van der Waals surface area contributed by atoms with Gasteiger partial charge in [0.2, 0.25) is 11.8 Å². The number of aryl methyl sites for hydroxylation is 1. The minimum atomic E-state index is 0.244. The van der Waals surface area contributed by atoms with Gasteiger partial charge in [-0.3, -0.25) is 0 Å². The third-order valence-electron chi connectivity index (χ3n) is 4.69. The van der Waals surface area contributed by atoms with Crippen LogP contribution in [0.4, 0.5) is 0 Å². The summed E-state index contributed by atoms with van der Waals surface area (Å²) < 4.78 is 5.73. The molecule has 4 heteroatoms. The van der Waals surface area contributed by atoms with Crippen LogP contribution in [-0.2, 0) is 12.8 Å². The van der Waals surface area contributed by atoms with Crippen molar-refractivity contribution in [3.63, 3.8) is 0 Å². The third-order valence-corrected chi connectivity index (χ3v) is 4.69. The van der Waals surface area contributed by atoms with Crippen molar-refractivity contribution in [1.29, 1.82) is 0 Å². The zero-order chi connectivity index (χ0) is 15.4. The standard InChI is InChI=1S/C17H28N2O2/c1-5-6-16-18-19-17(21-16)9-13-8-15(11(2)3)14(10-20)7-12(13)4/h7,11,13-15,20H,5-6,8-10H2,1-4H3/t13-,14-,15-/m0/s1. The largest absolute Gasteiger partial charge is 0.425 e. The number of aliphatic hydroxyl groups excluding tert-OH is 1. The first-order valence-electron chi connectivity index (χ1n) is 8.15. The van der Waals surface area contributed by atoms with E-state index in [-0.39, 0.29) is 6.61 Å². The fourth-order valence-electron chi connectivity index (χ4n) is 3.38. The van der Waals surface area contributed by atoms with E-state index in [2.05, 4.69) is 44.0 Å². The summed E-state index contributed by atoms with van der Waals surface area (Å²) in [5.41, 5.74) is 1.35. The number of nitrogens with zero attached hydrogens (tertiary/aromatic N) is 2. The molecule has 0 bridgehead atoms. The molecule has 1 N–H and O–H groups in total. The molecule has 2 rings (SSSR count). The molecule has 1 aliphatic rings. The van der Waals surface area contributed by atoms with Crippen molar-refractivity contribution in [3.05, 3.63) is 23.4 Å². The molecular weight excluding hydrogens is 264 g/mol. The lowest BCUT2D eigenvalue weighted by Gasteiger charge is -2.36. The van der Waals surface area contributed by atoms with Crippen molar-refractivity contribution in [2.45, 2.75) is 53.4 Å². The number of aromatic nitrogens is 2. The third kappa shape index (κ3) is 3.94. The molecule has 0 radical (unpaired) electrons. The van der Waals surface area contributed by atoms with E-state index >= 15 is 0 Å². The van der Waals surface area contributed by atoms with Crippen LogP contribution in [0.15, 0.2) is 16.1 Å². The van der Waals surface area contributed by atoms with Gasteiger partial charge in [-0.15, -0.1) is 10.2 Å². The van der Waals surface area contributed by atoms with E-state index in [4.69, 9.17) is 4.42 Å². The van der Waals surface area contributed by atoms with Gasteiger partial charge in [-0.25, -0.2) is 0 Å². The first kappa shape index (κ1) is 16.2. The van der Waals surface area contributed by atoms with Gasteiger partial charge in [-0.05, 0) is 37.5 Å². The van der Waals surface area contributed by atoms with E-state index in [1.807, 2.05) is 0 Å². The van der Waals surface area contributed by atoms with Gasteiger partial charge >= 0.3 is 0 Å². The molecule has 0 aliphatic heterocycles. The lowest BCUT2D eigenvalue weighted by atomic mass is 9.70. The number of rotatable bonds is 6. The van der Waals surface area contributed by atoms with E-state index < -0.39 is 0 Å². The van der Waals surface area contributed by atoms with Crippen LogP contribution >= 0.6 is 0 Å². The number of hydrogen-bond acceptors (Lipinski definition) is 4. The Labute approximate surface area is 127 Å². The summed E-state index contributed by atoms with van der Waals surface area (Å²) in [6, 6.07) is 0. The highest BCUT2D eigenvalue weighted by Crippen LogP contribution is 2.38. The van der Waals surface area contributed by atoms with Crippen LogP contribution in [0.1, 0.15) is 52.3 Å². The second-order valence-electron chi connectivity index (χ2n) is 6.64. The first-order chi connectivity index (χ1) is 10.0. The maximum absolute atomic E-state index is 9.58. The number of aliphatic hydroxyl groups is 1. The Hall–Kier alpha value is -1.16. The molecule has 1 aromatic heterocycles. The molecule has 0 amide bonds. The molecule has 21 heavy (non-hydrogen) atoms. The summed E-state index contributed by atoms with van der Waals surface area (Å²) in [6.45, 7) is 9.00. The van der Waals surface area contributed by atoms with Gasteiger partial charge in [0.05, 0.1) is 0 Å². The SMILES string of the molecule is CCCc1nnc(C[C@@H]2C[C@@H](C(C)C)[C@H](CO)C=C2C)o1. The van der Waals surface area contributed by atoms with Crippen molar-refractivity contribution >= 4 is 0 Å². The fourth-order valence-corrected chi connectivity index (χ4v) is 3.38. The summed E-state index contributed by atoms with van der Waals surface area (Å²) in [4.78, 5) is 0. The molecule has 1 aliphatic carbocycles. The predicted molar refractivity (Wildman–Crippen MR) is 82.8 cm³/mol. The molecule has 0 spiro atoms. The van der Waals surface area contributed by atoms with E-state index in [1.165, 1.54) is 5.57 Å². The van der Waals surface area contributed by atoms with Crippen LogP contribution < -0.4 is 0 Å². The Morgan fingerprint density at radius 2 is 2.05 bits per heavy atom. The van der Waals surface area contributed by atoms with Gasteiger partial charge in [0.25, 0.3) is 0 Å². The van der Waals surface area contributed by atoms with Crippen LogP contribution in [0, 0.1) is 23.7 Å². The van der Waals surface area contributed by atoms with Crippen molar-refractivity contribution < 1.29 is 9.52 Å². The molecule has 1 heterocycles. The van der Waals surface area contributed by atoms with Crippen LogP contribution in [0.25, 0.3) is 0 Å². The first-order valence-corrected chi connectivity index (χ1v) is 8.15. The second-order valence-corrected chi connectivity index (χ2v) is 6.64. The van der Waals surface area contributed by atoms with Crippen LogP contribution in [0.2, 0.25) is 0 Å². The quantitative estimate of drug-likeness (QED) is 0.816. The molecule has 1 aromatic rings. The van der Waals surface area contributed by atoms with Crippen LogP contribution in [0.5, 0.6) is 0 Å². The Bertz CT molecular complexity index is 479. The van der Waals surface area contributed by atoms with Crippen LogP contribution in [-0.4, -0.2) is 21.9 Å². The predicted octanol–water partition coefficient (Wildman–Crippen LogP) is 3.41. The number of hydrogen-bond donors (Lipinski definition) is 1. The normalized spacial score (nSPS) is 26.2. The topological polar surface area (TPSA) is 59.2 Å². The molecule has 0 aromatic carbocycles. The molecule has 0 saturated carbocycles. The smallest absolute Gasteiger partial charge is 0.217 e. The highest BCUT2D eigenvalue weighted by Gasteiger charge is 2.32. The maximum atomic E-state index is 9.58. The second kappa shape index (κ2) is 7.21. The Kier molecular flexibility index (Phi) is 5.57. The molecule has 0 saturated heterocycles. The average molecular weight is 292 g/mol. The molecule has 3 atom stereocenters. The minimum absolute atomic E-state index is 0.244. The lowest BCUT2D eigenvalue weighted by molar-refractivity contribution is 0.147. The zero-order valence-electron chi connectivity index (χ0n) is 13.7. The van der Waals surface area contributed by atoms with E-state index in [9.17, 15) is 5.11 Å². The molecule has 0 unspecified atom stereocenters. The lowest BCUT2D eigenvalue weighted by Crippen LogP contribution is -2.30. The molecule has 4 nitrogen and oxygen atoms in total. The van der Waals surface area contributed by atoms with Crippen molar-refractivity contribution in [1.82, 2.24) is 10.2 Å². The van der Waals surface area contributed by atoms with E-state index in [1.54, 1.807) is 0 Å². The zero-order valence-corrected chi connectivity index (χ0v) is 13.7. The monoisotopic (exact) mass is 292 g/mol. The minimum Gasteiger partial charge on any atom is -0.425 e. The Balaban J connectivity index is 2.08. The molecular formula is C17H28N2O2. The van der Waals surface area contributed by atoms with Gasteiger partial charge in [0.1, 0.15) is 0 Å². The summed E-state index contributed by atoms with van der Waals surface area (Å²) >= 11 is 0. The fraction of sp³-hybridized carbons (Fsp3) is 0.765. The summed E-state index contributed by atoms with van der Waals surface area (Å²) in [5, 5.41) is 17.9. The average Bonchev–Trinajstić information content (AvgIpc) is 2.88. The molecule has 0 fully saturated rings. The van der Waals surface area contributed by atoms with Gasteiger partial charge in [-0.2, -0.15) is 0 Å². The van der Waals surface area contributed by atoms with Gasteiger partial charge in [0.15, 0.2) is 0 Å². The van der Waals surface area contributed by atoms with Gasteiger partial charge < -0.3 is 9.52 Å².